The Hall–Kier alpha value is -3.10. The zero-order valence-electron chi connectivity index (χ0n) is 21.5. The quantitative estimate of drug-likeness (QED) is 0.295. The van der Waals surface area contributed by atoms with Gasteiger partial charge in [0.1, 0.15) is 24.4 Å². The van der Waals surface area contributed by atoms with E-state index in [2.05, 4.69) is 30.3 Å². The third-order valence-corrected chi connectivity index (χ3v) is 6.83. The molecule has 4 aromatic carbocycles. The third-order valence-electron chi connectivity index (χ3n) is 6.83. The number of benzene rings is 4. The first-order chi connectivity index (χ1) is 18.7. The van der Waals surface area contributed by atoms with E-state index in [4.69, 9.17) is 23.7 Å². The van der Waals surface area contributed by atoms with Gasteiger partial charge in [-0.25, -0.2) is 0 Å². The second-order valence-electron chi connectivity index (χ2n) is 9.44. The van der Waals surface area contributed by atoms with Gasteiger partial charge in [0.2, 0.25) is 0 Å². The van der Waals surface area contributed by atoms with Crippen LogP contribution in [0.15, 0.2) is 103 Å². The zero-order valence-corrected chi connectivity index (χ0v) is 21.5. The summed E-state index contributed by atoms with van der Waals surface area (Å²) in [6, 6.07) is 34.4. The smallest absolute Gasteiger partial charge is 0.186 e. The molecule has 1 fully saturated rings. The summed E-state index contributed by atoms with van der Waals surface area (Å²) >= 11 is 0. The molecule has 0 aromatic heterocycles. The van der Waals surface area contributed by atoms with Gasteiger partial charge in [-0.3, -0.25) is 0 Å². The van der Waals surface area contributed by atoms with Crippen LogP contribution >= 0.6 is 0 Å². The van der Waals surface area contributed by atoms with Gasteiger partial charge in [-0.15, -0.1) is 0 Å². The van der Waals surface area contributed by atoms with Crippen LogP contribution in [0.1, 0.15) is 16.7 Å². The van der Waals surface area contributed by atoms with Crippen molar-refractivity contribution in [2.24, 2.45) is 0 Å². The van der Waals surface area contributed by atoms with Crippen molar-refractivity contribution in [1.82, 2.24) is 0 Å². The van der Waals surface area contributed by atoms with Crippen LogP contribution in [0.3, 0.4) is 0 Å². The number of aliphatic hydroxyl groups is 1. The first-order valence-electron chi connectivity index (χ1n) is 12.9. The fourth-order valence-electron chi connectivity index (χ4n) is 4.84. The predicted molar refractivity (Wildman–Crippen MR) is 145 cm³/mol. The highest BCUT2D eigenvalue weighted by Crippen LogP contribution is 2.31. The van der Waals surface area contributed by atoms with Gasteiger partial charge in [0.05, 0.1) is 26.4 Å². The van der Waals surface area contributed by atoms with Crippen LogP contribution in [0.25, 0.3) is 10.8 Å². The lowest BCUT2D eigenvalue weighted by atomic mass is 9.98. The second-order valence-corrected chi connectivity index (χ2v) is 9.44. The Labute approximate surface area is 223 Å². The van der Waals surface area contributed by atoms with Crippen molar-refractivity contribution in [3.8, 4) is 0 Å². The molecular weight excluding hydrogens is 480 g/mol. The van der Waals surface area contributed by atoms with E-state index >= 15 is 0 Å². The van der Waals surface area contributed by atoms with Gasteiger partial charge < -0.3 is 28.8 Å². The Morgan fingerprint density at radius 3 is 1.79 bits per heavy atom. The lowest BCUT2D eigenvalue weighted by Crippen LogP contribution is -2.61. The molecule has 0 saturated carbocycles. The fourth-order valence-corrected chi connectivity index (χ4v) is 4.84. The van der Waals surface area contributed by atoms with E-state index < -0.39 is 30.7 Å². The van der Waals surface area contributed by atoms with Crippen molar-refractivity contribution in [1.29, 1.82) is 0 Å². The monoisotopic (exact) mass is 514 g/mol. The Kier molecular flexibility index (Phi) is 9.15. The number of hydrogen-bond acceptors (Lipinski definition) is 6. The summed E-state index contributed by atoms with van der Waals surface area (Å²) in [5.74, 6) is 0. The molecule has 0 bridgehead atoms. The maximum absolute atomic E-state index is 10.3. The minimum Gasteiger partial charge on any atom is -0.394 e. The Bertz CT molecular complexity index is 1260. The number of rotatable bonds is 11. The lowest BCUT2D eigenvalue weighted by Gasteiger charge is -2.45. The molecule has 1 N–H and O–H groups in total. The largest absolute Gasteiger partial charge is 0.394 e. The van der Waals surface area contributed by atoms with E-state index in [1.807, 2.05) is 72.8 Å². The van der Waals surface area contributed by atoms with Crippen molar-refractivity contribution in [3.63, 3.8) is 0 Å². The zero-order chi connectivity index (χ0) is 26.2. The van der Waals surface area contributed by atoms with Crippen LogP contribution in [0.5, 0.6) is 0 Å². The molecule has 1 saturated heterocycles. The normalized spacial score (nSPS) is 23.5. The van der Waals surface area contributed by atoms with Gasteiger partial charge in [0.25, 0.3) is 0 Å². The molecule has 198 valence electrons. The van der Waals surface area contributed by atoms with Crippen LogP contribution in [0, 0.1) is 0 Å². The van der Waals surface area contributed by atoms with Crippen LogP contribution in [-0.2, 0) is 43.5 Å². The highest BCUT2D eigenvalue weighted by atomic mass is 16.7. The molecule has 0 amide bonds. The van der Waals surface area contributed by atoms with E-state index in [1.54, 1.807) is 7.11 Å². The third kappa shape index (κ3) is 6.48. The molecule has 1 aliphatic rings. The number of hydrogen-bond donors (Lipinski definition) is 1. The molecule has 0 radical (unpaired) electrons. The number of ether oxygens (including phenoxy) is 5. The van der Waals surface area contributed by atoms with Gasteiger partial charge in [0, 0.05) is 7.11 Å². The molecule has 1 aliphatic heterocycles. The molecular formula is C32H34O6. The number of aliphatic hydroxyl groups excluding tert-OH is 1. The highest BCUT2D eigenvalue weighted by molar-refractivity contribution is 5.82. The second kappa shape index (κ2) is 13.1. The summed E-state index contributed by atoms with van der Waals surface area (Å²) in [7, 11) is 1.57. The summed E-state index contributed by atoms with van der Waals surface area (Å²) in [4.78, 5) is 0. The molecule has 6 heteroatoms. The molecule has 6 nitrogen and oxygen atoms in total. The van der Waals surface area contributed by atoms with Crippen LogP contribution in [0.2, 0.25) is 0 Å². The topological polar surface area (TPSA) is 66.4 Å². The molecule has 5 atom stereocenters. The summed E-state index contributed by atoms with van der Waals surface area (Å²) < 4.78 is 31.1. The summed E-state index contributed by atoms with van der Waals surface area (Å²) in [5, 5.41) is 12.6. The van der Waals surface area contributed by atoms with Gasteiger partial charge >= 0.3 is 0 Å². The van der Waals surface area contributed by atoms with Gasteiger partial charge in [0.15, 0.2) is 6.29 Å². The fraction of sp³-hybridized carbons (Fsp3) is 0.312. The SMILES string of the molecule is CO[C@H]1O[C@H](CO)[C@H](OCc2ccc3ccccc3c2)[C@H](OCc2ccccc2)[C@H]1OCc1ccccc1. The number of fused-ring (bicyclic) bond motifs is 1. The minimum atomic E-state index is -0.725. The van der Waals surface area contributed by atoms with Gasteiger partial charge in [-0.2, -0.15) is 0 Å². The van der Waals surface area contributed by atoms with Gasteiger partial charge in [-0.1, -0.05) is 97.1 Å². The molecule has 5 rings (SSSR count). The van der Waals surface area contributed by atoms with E-state index in [1.165, 1.54) is 5.39 Å². The van der Waals surface area contributed by atoms with Crippen LogP contribution < -0.4 is 0 Å². The van der Waals surface area contributed by atoms with Gasteiger partial charge in [-0.05, 0) is 33.5 Å². The van der Waals surface area contributed by atoms with Crippen LogP contribution in [-0.4, -0.2) is 49.5 Å². The minimum absolute atomic E-state index is 0.237. The average Bonchev–Trinajstić information content (AvgIpc) is 2.98. The predicted octanol–water partition coefficient (Wildman–Crippen LogP) is 5.26. The summed E-state index contributed by atoms with van der Waals surface area (Å²) in [5.41, 5.74) is 3.09. The molecule has 0 spiro atoms. The van der Waals surface area contributed by atoms with Crippen molar-refractivity contribution < 1.29 is 28.8 Å². The van der Waals surface area contributed by atoms with E-state index in [9.17, 15) is 5.11 Å². The Morgan fingerprint density at radius 2 is 1.16 bits per heavy atom. The maximum Gasteiger partial charge on any atom is 0.186 e. The van der Waals surface area contributed by atoms with E-state index in [0.29, 0.717) is 19.8 Å². The van der Waals surface area contributed by atoms with E-state index in [-0.39, 0.29) is 6.61 Å². The standard InChI is InChI=1S/C32H34O6/c1-34-32-31(37-21-24-12-6-3-7-13-24)30(36-20-23-10-4-2-5-11-23)29(28(19-33)38-32)35-22-25-16-17-26-14-8-9-15-27(26)18-25/h2-18,28-33H,19-22H2,1H3/t28-,29+,30+,31-,32+/m1/s1. The highest BCUT2D eigenvalue weighted by Gasteiger charge is 2.48. The Morgan fingerprint density at radius 1 is 0.605 bits per heavy atom. The van der Waals surface area contributed by atoms with Crippen molar-refractivity contribution in [3.05, 3.63) is 120 Å². The molecule has 38 heavy (non-hydrogen) atoms. The summed E-state index contributed by atoms with van der Waals surface area (Å²) in [6.07, 6.45) is -3.07. The average molecular weight is 515 g/mol. The molecule has 0 unspecified atom stereocenters. The number of methoxy groups -OCH3 is 1. The molecule has 4 aromatic rings. The molecule has 1 heterocycles. The summed E-state index contributed by atoms with van der Waals surface area (Å²) in [6.45, 7) is 0.824. The Balaban J connectivity index is 1.39. The maximum atomic E-state index is 10.3. The molecule has 0 aliphatic carbocycles. The first-order valence-corrected chi connectivity index (χ1v) is 12.9. The van der Waals surface area contributed by atoms with Crippen molar-refractivity contribution in [2.75, 3.05) is 13.7 Å². The van der Waals surface area contributed by atoms with E-state index in [0.717, 1.165) is 22.1 Å². The van der Waals surface area contributed by atoms with Crippen molar-refractivity contribution >= 4 is 10.8 Å². The van der Waals surface area contributed by atoms with Crippen molar-refractivity contribution in [2.45, 2.75) is 50.5 Å². The first kappa shape index (κ1) is 26.5. The van der Waals surface area contributed by atoms with Crippen LogP contribution in [0.4, 0.5) is 0 Å². The lowest BCUT2D eigenvalue weighted by molar-refractivity contribution is -0.321.